The Morgan fingerprint density at radius 1 is 1.00 bits per heavy atom. The molecule has 4 N–H and O–H groups in total. The van der Waals surface area contributed by atoms with Crippen LogP contribution in [0.15, 0.2) is 0 Å². The second-order valence-electron chi connectivity index (χ2n) is 4.91. The molecule has 0 bridgehead atoms. The van der Waals surface area contributed by atoms with E-state index in [-0.39, 0.29) is 0 Å². The molecular formula is C12H25N3O2. The van der Waals surface area contributed by atoms with Crippen LogP contribution in [-0.2, 0) is 9.59 Å². The summed E-state index contributed by atoms with van der Waals surface area (Å²) in [5.41, 5.74) is 5.23. The maximum atomic E-state index is 11.4. The molecular weight excluding hydrogens is 218 g/mol. The van der Waals surface area contributed by atoms with Gasteiger partial charge in [0.25, 0.3) is 0 Å². The molecule has 2 amide bonds. The number of nitrogens with two attached hydrogens (primary N) is 1. The van der Waals surface area contributed by atoms with E-state index < -0.39 is 11.8 Å². The Labute approximate surface area is 104 Å². The third-order valence-electron chi connectivity index (χ3n) is 2.85. The van der Waals surface area contributed by atoms with Gasteiger partial charge in [-0.25, -0.2) is 0 Å². The molecule has 0 saturated carbocycles. The van der Waals surface area contributed by atoms with E-state index in [0.29, 0.717) is 37.4 Å². The molecule has 0 aliphatic rings. The zero-order valence-electron chi connectivity index (χ0n) is 11.2. The second kappa shape index (κ2) is 8.06. The topological polar surface area (TPSA) is 84.2 Å². The average Bonchev–Trinajstić information content (AvgIpc) is 2.24. The van der Waals surface area contributed by atoms with Crippen molar-refractivity contribution < 1.29 is 9.59 Å². The molecule has 0 aromatic heterocycles. The molecule has 0 aliphatic heterocycles. The molecule has 0 aliphatic carbocycles. The molecule has 0 atom stereocenters. The fraction of sp³-hybridized carbons (Fsp3) is 0.833. The second-order valence-corrected chi connectivity index (χ2v) is 4.91. The van der Waals surface area contributed by atoms with Gasteiger partial charge < -0.3 is 16.4 Å². The Hall–Kier alpha value is -1.10. The van der Waals surface area contributed by atoms with E-state index in [1.54, 1.807) is 0 Å². The summed E-state index contributed by atoms with van der Waals surface area (Å²) >= 11 is 0. The number of hydrogen-bond acceptors (Lipinski definition) is 3. The highest BCUT2D eigenvalue weighted by Gasteiger charge is 2.20. The lowest BCUT2D eigenvalue weighted by Crippen LogP contribution is -2.44. The van der Waals surface area contributed by atoms with E-state index in [0.717, 1.165) is 0 Å². The minimum absolute atomic E-state index is 0.323. The van der Waals surface area contributed by atoms with Gasteiger partial charge >= 0.3 is 11.8 Å². The molecule has 5 nitrogen and oxygen atoms in total. The lowest BCUT2D eigenvalue weighted by molar-refractivity contribution is -0.139. The van der Waals surface area contributed by atoms with Gasteiger partial charge in [-0.05, 0) is 17.8 Å². The monoisotopic (exact) mass is 243 g/mol. The van der Waals surface area contributed by atoms with Gasteiger partial charge in [-0.2, -0.15) is 0 Å². The minimum atomic E-state index is -0.610. The van der Waals surface area contributed by atoms with Gasteiger partial charge in [0, 0.05) is 19.6 Å². The van der Waals surface area contributed by atoms with Crippen molar-refractivity contribution in [2.45, 2.75) is 27.7 Å². The summed E-state index contributed by atoms with van der Waals surface area (Å²) in [5, 5.41) is 5.10. The molecule has 5 heteroatoms. The van der Waals surface area contributed by atoms with Crippen LogP contribution in [0, 0.1) is 17.8 Å². The zero-order valence-corrected chi connectivity index (χ0v) is 11.2. The van der Waals surface area contributed by atoms with Gasteiger partial charge in [0.05, 0.1) is 0 Å². The third-order valence-corrected chi connectivity index (χ3v) is 2.85. The minimum Gasteiger partial charge on any atom is -0.348 e. The predicted molar refractivity (Wildman–Crippen MR) is 68.2 cm³/mol. The van der Waals surface area contributed by atoms with E-state index in [2.05, 4.69) is 38.3 Å². The van der Waals surface area contributed by atoms with Crippen LogP contribution in [0.3, 0.4) is 0 Å². The molecule has 0 radical (unpaired) electrons. The molecule has 0 heterocycles. The van der Waals surface area contributed by atoms with E-state index >= 15 is 0 Å². The molecule has 0 rings (SSSR count). The van der Waals surface area contributed by atoms with Gasteiger partial charge in [0.1, 0.15) is 0 Å². The SMILES string of the molecule is CC(C)C(CNC(=O)C(=O)NCCN)C(C)C. The van der Waals surface area contributed by atoms with Gasteiger partial charge in [-0.1, -0.05) is 27.7 Å². The van der Waals surface area contributed by atoms with Crippen LogP contribution in [0.25, 0.3) is 0 Å². The summed E-state index contributed by atoms with van der Waals surface area (Å²) in [6.07, 6.45) is 0. The first-order valence-corrected chi connectivity index (χ1v) is 6.16. The third kappa shape index (κ3) is 6.26. The van der Waals surface area contributed by atoms with Crippen molar-refractivity contribution in [3.63, 3.8) is 0 Å². The van der Waals surface area contributed by atoms with Crippen LogP contribution >= 0.6 is 0 Å². The van der Waals surface area contributed by atoms with Crippen molar-refractivity contribution in [3.8, 4) is 0 Å². The van der Waals surface area contributed by atoms with Gasteiger partial charge in [0.2, 0.25) is 0 Å². The van der Waals surface area contributed by atoms with Gasteiger partial charge in [-0.3, -0.25) is 9.59 Å². The number of amides is 2. The lowest BCUT2D eigenvalue weighted by Gasteiger charge is -2.24. The molecule has 0 fully saturated rings. The molecule has 17 heavy (non-hydrogen) atoms. The molecule has 0 aromatic carbocycles. The first-order chi connectivity index (χ1) is 7.90. The van der Waals surface area contributed by atoms with E-state index in [1.807, 2.05) is 0 Å². The quantitative estimate of drug-likeness (QED) is 0.579. The Morgan fingerprint density at radius 2 is 1.47 bits per heavy atom. The molecule has 0 spiro atoms. The Kier molecular flexibility index (Phi) is 7.54. The van der Waals surface area contributed by atoms with Crippen LogP contribution in [-0.4, -0.2) is 31.4 Å². The molecule has 0 unspecified atom stereocenters. The summed E-state index contributed by atoms with van der Waals surface area (Å²) in [7, 11) is 0. The summed E-state index contributed by atoms with van der Waals surface area (Å²) in [6.45, 7) is 9.65. The van der Waals surface area contributed by atoms with E-state index in [9.17, 15) is 9.59 Å². The Bertz CT molecular complexity index is 244. The Balaban J connectivity index is 4.08. The maximum Gasteiger partial charge on any atom is 0.309 e. The first-order valence-electron chi connectivity index (χ1n) is 6.16. The van der Waals surface area contributed by atoms with E-state index in [1.165, 1.54) is 0 Å². The van der Waals surface area contributed by atoms with Crippen LogP contribution in [0.4, 0.5) is 0 Å². The smallest absolute Gasteiger partial charge is 0.309 e. The Morgan fingerprint density at radius 3 is 1.88 bits per heavy atom. The molecule has 0 aromatic rings. The lowest BCUT2D eigenvalue weighted by atomic mass is 9.85. The molecule has 0 saturated heterocycles. The van der Waals surface area contributed by atoms with Crippen LogP contribution in [0.5, 0.6) is 0 Å². The van der Waals surface area contributed by atoms with Crippen molar-refractivity contribution in [3.05, 3.63) is 0 Å². The number of carbonyl (C=O) groups is 2. The normalized spacial score (nSPS) is 11.1. The number of nitrogens with one attached hydrogen (secondary N) is 2. The van der Waals surface area contributed by atoms with Crippen molar-refractivity contribution in [2.24, 2.45) is 23.5 Å². The highest BCUT2D eigenvalue weighted by atomic mass is 16.2. The average molecular weight is 243 g/mol. The van der Waals surface area contributed by atoms with Crippen molar-refractivity contribution in [2.75, 3.05) is 19.6 Å². The first kappa shape index (κ1) is 15.9. The van der Waals surface area contributed by atoms with Crippen molar-refractivity contribution >= 4 is 11.8 Å². The largest absolute Gasteiger partial charge is 0.348 e. The van der Waals surface area contributed by atoms with Gasteiger partial charge in [0.15, 0.2) is 0 Å². The van der Waals surface area contributed by atoms with Crippen molar-refractivity contribution in [1.82, 2.24) is 10.6 Å². The maximum absolute atomic E-state index is 11.4. The van der Waals surface area contributed by atoms with E-state index in [4.69, 9.17) is 5.73 Å². The van der Waals surface area contributed by atoms with Crippen LogP contribution < -0.4 is 16.4 Å². The van der Waals surface area contributed by atoms with Crippen molar-refractivity contribution in [1.29, 1.82) is 0 Å². The zero-order chi connectivity index (χ0) is 13.4. The fourth-order valence-corrected chi connectivity index (χ4v) is 1.80. The van der Waals surface area contributed by atoms with Crippen LogP contribution in [0.1, 0.15) is 27.7 Å². The highest BCUT2D eigenvalue weighted by molar-refractivity contribution is 6.35. The fourth-order valence-electron chi connectivity index (χ4n) is 1.80. The standard InChI is InChI=1S/C12H25N3O2/c1-8(2)10(9(3)4)7-15-12(17)11(16)14-6-5-13/h8-10H,5-7,13H2,1-4H3,(H,14,16)(H,15,17). The summed E-state index contributed by atoms with van der Waals surface area (Å²) in [4.78, 5) is 22.7. The summed E-state index contributed by atoms with van der Waals surface area (Å²) in [6, 6.07) is 0. The molecule has 100 valence electrons. The van der Waals surface area contributed by atoms with Gasteiger partial charge in [-0.15, -0.1) is 0 Å². The predicted octanol–water partition coefficient (Wildman–Crippen LogP) is 0.106. The summed E-state index contributed by atoms with van der Waals surface area (Å²) in [5.74, 6) is 0.137. The van der Waals surface area contributed by atoms with Crippen LogP contribution in [0.2, 0.25) is 0 Å². The summed E-state index contributed by atoms with van der Waals surface area (Å²) < 4.78 is 0. The number of carbonyl (C=O) groups excluding carboxylic acids is 2. The number of hydrogen-bond donors (Lipinski definition) is 3. The highest BCUT2D eigenvalue weighted by Crippen LogP contribution is 2.19. The number of rotatable bonds is 6.